The van der Waals surface area contributed by atoms with Gasteiger partial charge in [0, 0.05) is 17.3 Å². The van der Waals surface area contributed by atoms with Crippen LogP contribution in [0.15, 0.2) is 54.6 Å². The molecule has 1 aromatic heterocycles. The molecule has 5 nitrogen and oxygen atoms in total. The fourth-order valence-corrected chi connectivity index (χ4v) is 2.44. The number of nitrogens with one attached hydrogen (secondary N) is 1. The predicted molar refractivity (Wildman–Crippen MR) is 93.0 cm³/mol. The number of hydrogen-bond donors (Lipinski definition) is 1. The molecule has 0 radical (unpaired) electrons. The van der Waals surface area contributed by atoms with Gasteiger partial charge in [-0.15, -0.1) is 0 Å². The second-order valence-electron chi connectivity index (χ2n) is 5.40. The number of aromatic nitrogens is 2. The van der Waals surface area contributed by atoms with E-state index in [9.17, 15) is 10.1 Å². The van der Waals surface area contributed by atoms with Crippen molar-refractivity contribution < 1.29 is 4.79 Å². The normalized spacial score (nSPS) is 10.2. The van der Waals surface area contributed by atoms with Crippen LogP contribution in [0.2, 0.25) is 0 Å². The van der Waals surface area contributed by atoms with E-state index < -0.39 is 0 Å². The average molecular weight is 316 g/mol. The van der Waals surface area contributed by atoms with Crippen LogP contribution in [0.25, 0.3) is 16.9 Å². The number of aldehydes is 1. The highest BCUT2D eigenvalue weighted by atomic mass is 16.1. The molecule has 0 aliphatic carbocycles. The van der Waals surface area contributed by atoms with E-state index in [1.54, 1.807) is 10.7 Å². The Morgan fingerprint density at radius 2 is 1.88 bits per heavy atom. The lowest BCUT2D eigenvalue weighted by atomic mass is 10.1. The van der Waals surface area contributed by atoms with E-state index in [0.717, 1.165) is 28.9 Å². The maximum atomic E-state index is 10.4. The number of nitrogens with zero attached hydrogens (tertiary/aromatic N) is 3. The van der Waals surface area contributed by atoms with E-state index in [-0.39, 0.29) is 6.54 Å². The Balaban J connectivity index is 2.01. The minimum absolute atomic E-state index is 0.272. The third-order valence-electron chi connectivity index (χ3n) is 3.67. The molecule has 0 bridgehead atoms. The molecule has 0 amide bonds. The van der Waals surface area contributed by atoms with Gasteiger partial charge in [-0.05, 0) is 31.2 Å². The number of rotatable bonds is 5. The van der Waals surface area contributed by atoms with Crippen LogP contribution in [0.1, 0.15) is 11.3 Å². The summed E-state index contributed by atoms with van der Waals surface area (Å²) < 4.78 is 1.76. The number of aryl methyl sites for hydroxylation is 1. The van der Waals surface area contributed by atoms with Crippen molar-refractivity contribution >= 4 is 12.0 Å². The van der Waals surface area contributed by atoms with E-state index in [1.807, 2.05) is 55.5 Å². The number of carbonyl (C=O) groups excluding carboxylic acids is 1. The molecule has 2 aromatic carbocycles. The molecule has 0 atom stereocenters. The summed E-state index contributed by atoms with van der Waals surface area (Å²) in [4.78, 5) is 10.4. The average Bonchev–Trinajstić information content (AvgIpc) is 3.05. The topological polar surface area (TPSA) is 70.7 Å². The maximum absolute atomic E-state index is 10.4. The summed E-state index contributed by atoms with van der Waals surface area (Å²) in [7, 11) is 0. The Labute approximate surface area is 140 Å². The zero-order valence-corrected chi connectivity index (χ0v) is 13.2. The molecule has 5 heteroatoms. The highest BCUT2D eigenvalue weighted by Crippen LogP contribution is 2.25. The first-order chi connectivity index (χ1) is 11.7. The summed E-state index contributed by atoms with van der Waals surface area (Å²) in [5, 5.41) is 16.5. The largest absolute Gasteiger partial charge is 0.378 e. The van der Waals surface area contributed by atoms with Crippen molar-refractivity contribution in [1.82, 2.24) is 9.78 Å². The number of hydrogen-bond acceptors (Lipinski definition) is 4. The molecule has 1 N–H and O–H groups in total. The fraction of sp³-hybridized carbons (Fsp3) is 0.105. The van der Waals surface area contributed by atoms with Gasteiger partial charge in [-0.3, -0.25) is 0 Å². The molecule has 3 aromatic rings. The second kappa shape index (κ2) is 6.80. The quantitative estimate of drug-likeness (QED) is 0.733. The van der Waals surface area contributed by atoms with E-state index in [0.29, 0.717) is 5.69 Å². The van der Waals surface area contributed by atoms with Crippen LogP contribution in [0.3, 0.4) is 0 Å². The second-order valence-corrected chi connectivity index (χ2v) is 5.40. The van der Waals surface area contributed by atoms with Crippen LogP contribution >= 0.6 is 0 Å². The lowest BCUT2D eigenvalue weighted by Crippen LogP contribution is -2.03. The molecule has 1 heterocycles. The molecule has 118 valence electrons. The van der Waals surface area contributed by atoms with Crippen molar-refractivity contribution in [2.24, 2.45) is 0 Å². The molecule has 0 saturated carbocycles. The molecule has 0 spiro atoms. The van der Waals surface area contributed by atoms with Gasteiger partial charge in [0.15, 0.2) is 5.69 Å². The number of benzene rings is 2. The molecule has 0 unspecified atom stereocenters. The first-order valence-electron chi connectivity index (χ1n) is 7.56. The zero-order chi connectivity index (χ0) is 16.9. The Hall–Kier alpha value is -3.39. The van der Waals surface area contributed by atoms with Crippen LogP contribution < -0.4 is 5.32 Å². The van der Waals surface area contributed by atoms with Crippen LogP contribution in [-0.2, 0) is 4.79 Å². The van der Waals surface area contributed by atoms with Crippen molar-refractivity contribution in [2.75, 3.05) is 11.9 Å². The van der Waals surface area contributed by atoms with Crippen LogP contribution in [0, 0.1) is 18.3 Å². The van der Waals surface area contributed by atoms with E-state index in [2.05, 4.69) is 16.5 Å². The molecule has 3 rings (SSSR count). The van der Waals surface area contributed by atoms with Crippen molar-refractivity contribution in [1.29, 1.82) is 5.26 Å². The van der Waals surface area contributed by atoms with Gasteiger partial charge in [0.05, 0.1) is 17.9 Å². The van der Waals surface area contributed by atoms with Crippen molar-refractivity contribution in [2.45, 2.75) is 6.92 Å². The van der Waals surface area contributed by atoms with Gasteiger partial charge in [-0.1, -0.05) is 29.8 Å². The minimum Gasteiger partial charge on any atom is -0.378 e. The predicted octanol–water partition coefficient (Wildman–Crippen LogP) is 3.33. The van der Waals surface area contributed by atoms with Gasteiger partial charge in [-0.25, -0.2) is 4.68 Å². The highest BCUT2D eigenvalue weighted by Gasteiger charge is 2.11. The smallest absolute Gasteiger partial charge is 0.163 e. The Morgan fingerprint density at radius 3 is 2.50 bits per heavy atom. The third-order valence-corrected chi connectivity index (χ3v) is 3.67. The molecule has 0 aliphatic heterocycles. The molecular formula is C19H16N4O. The van der Waals surface area contributed by atoms with Crippen LogP contribution in [-0.4, -0.2) is 22.6 Å². The van der Waals surface area contributed by atoms with Gasteiger partial charge in [0.25, 0.3) is 0 Å². The Kier molecular flexibility index (Phi) is 4.39. The molecule has 0 fully saturated rings. The monoisotopic (exact) mass is 316 g/mol. The number of anilines is 1. The van der Waals surface area contributed by atoms with Gasteiger partial charge in [0.2, 0.25) is 0 Å². The molecule has 24 heavy (non-hydrogen) atoms. The van der Waals surface area contributed by atoms with Gasteiger partial charge >= 0.3 is 0 Å². The maximum Gasteiger partial charge on any atom is 0.163 e. The lowest BCUT2D eigenvalue weighted by molar-refractivity contribution is -0.106. The summed E-state index contributed by atoms with van der Waals surface area (Å²) in [5.74, 6) is 0. The van der Waals surface area contributed by atoms with Gasteiger partial charge in [-0.2, -0.15) is 10.4 Å². The minimum atomic E-state index is 0.272. The van der Waals surface area contributed by atoms with Crippen molar-refractivity contribution in [3.05, 3.63) is 65.9 Å². The molecule has 0 saturated heterocycles. The Bertz CT molecular complexity index is 887. The Morgan fingerprint density at radius 1 is 1.17 bits per heavy atom. The highest BCUT2D eigenvalue weighted by molar-refractivity contribution is 5.65. The standard InChI is InChI=1S/C19H16N4O/c1-14-2-4-15(5-3-14)19-12-17(13-20)22-23(19)18-8-6-16(7-9-18)21-10-11-24/h2-9,11-12,21H,10H2,1H3. The molecule has 0 aliphatic rings. The summed E-state index contributed by atoms with van der Waals surface area (Å²) in [6, 6.07) is 19.5. The van der Waals surface area contributed by atoms with Gasteiger partial charge < -0.3 is 10.1 Å². The zero-order valence-electron chi connectivity index (χ0n) is 13.2. The number of carbonyl (C=O) groups is 1. The summed E-state index contributed by atoms with van der Waals surface area (Å²) in [6.45, 7) is 2.31. The molecular weight excluding hydrogens is 300 g/mol. The third kappa shape index (κ3) is 3.18. The lowest BCUT2D eigenvalue weighted by Gasteiger charge is -2.09. The summed E-state index contributed by atoms with van der Waals surface area (Å²) in [6.07, 6.45) is 0.816. The van der Waals surface area contributed by atoms with E-state index in [4.69, 9.17) is 0 Å². The SMILES string of the molecule is Cc1ccc(-c2cc(C#N)nn2-c2ccc(NCC=O)cc2)cc1. The van der Waals surface area contributed by atoms with Crippen molar-refractivity contribution in [3.8, 4) is 23.0 Å². The summed E-state index contributed by atoms with van der Waals surface area (Å²) in [5.41, 5.74) is 5.11. The van der Waals surface area contributed by atoms with Crippen molar-refractivity contribution in [3.63, 3.8) is 0 Å². The summed E-state index contributed by atoms with van der Waals surface area (Å²) >= 11 is 0. The number of nitriles is 1. The fourth-order valence-electron chi connectivity index (χ4n) is 2.44. The van der Waals surface area contributed by atoms with E-state index >= 15 is 0 Å². The van der Waals surface area contributed by atoms with Gasteiger partial charge in [0.1, 0.15) is 12.4 Å². The van der Waals surface area contributed by atoms with Crippen LogP contribution in [0.5, 0.6) is 0 Å². The first kappa shape index (κ1) is 15.5. The van der Waals surface area contributed by atoms with Crippen LogP contribution in [0.4, 0.5) is 5.69 Å². The van der Waals surface area contributed by atoms with E-state index in [1.165, 1.54) is 5.56 Å². The first-order valence-corrected chi connectivity index (χ1v) is 7.56.